The maximum atomic E-state index is 4.44. The summed E-state index contributed by atoms with van der Waals surface area (Å²) in [5.74, 6) is 0.983. The highest BCUT2D eigenvalue weighted by Gasteiger charge is 2.23. The number of hydrogen-bond donors (Lipinski definition) is 0. The van der Waals surface area contributed by atoms with Crippen LogP contribution in [0.1, 0.15) is 23.7 Å². The van der Waals surface area contributed by atoms with E-state index < -0.39 is 0 Å². The van der Waals surface area contributed by atoms with E-state index in [-0.39, 0.29) is 0 Å². The molecule has 3 aromatic rings. The van der Waals surface area contributed by atoms with Crippen molar-refractivity contribution < 1.29 is 0 Å². The van der Waals surface area contributed by atoms with Gasteiger partial charge >= 0.3 is 0 Å². The first kappa shape index (κ1) is 13.6. The van der Waals surface area contributed by atoms with E-state index in [0.717, 1.165) is 29.5 Å². The van der Waals surface area contributed by atoms with Crippen LogP contribution in [-0.4, -0.2) is 14.8 Å². The van der Waals surface area contributed by atoms with Crippen LogP contribution in [0.5, 0.6) is 0 Å². The van der Waals surface area contributed by atoms with Crippen molar-refractivity contribution in [3.8, 4) is 11.4 Å². The standard InChI is InChI=1S/C18H17N3S/c1-3-8-14(9-4-1)16-12-7-13-21-17(19-20-18(21)22-16)15-10-5-2-6-11-15/h1-6,8-11,16H,7,12-13H2. The van der Waals surface area contributed by atoms with Crippen LogP contribution >= 0.6 is 11.8 Å². The highest BCUT2D eigenvalue weighted by Crippen LogP contribution is 2.41. The van der Waals surface area contributed by atoms with Gasteiger partial charge in [-0.25, -0.2) is 0 Å². The van der Waals surface area contributed by atoms with Crippen LogP contribution < -0.4 is 0 Å². The van der Waals surface area contributed by atoms with Crippen LogP contribution in [0.3, 0.4) is 0 Å². The quantitative estimate of drug-likeness (QED) is 0.694. The number of thioether (sulfide) groups is 1. The molecule has 0 spiro atoms. The van der Waals surface area contributed by atoms with E-state index in [1.807, 2.05) is 30.0 Å². The molecule has 110 valence electrons. The van der Waals surface area contributed by atoms with Crippen molar-refractivity contribution in [1.29, 1.82) is 0 Å². The van der Waals surface area contributed by atoms with Gasteiger partial charge in [-0.2, -0.15) is 0 Å². The molecule has 1 aromatic heterocycles. The van der Waals surface area contributed by atoms with Crippen LogP contribution in [-0.2, 0) is 6.54 Å². The molecule has 0 bridgehead atoms. The Balaban J connectivity index is 1.68. The second-order valence-electron chi connectivity index (χ2n) is 5.48. The molecular formula is C18H17N3S. The predicted octanol–water partition coefficient (Wildman–Crippen LogP) is 4.57. The fourth-order valence-corrected chi connectivity index (χ4v) is 4.13. The van der Waals surface area contributed by atoms with Crippen molar-refractivity contribution in [1.82, 2.24) is 14.8 Å². The summed E-state index contributed by atoms with van der Waals surface area (Å²) in [6, 6.07) is 21.0. The summed E-state index contributed by atoms with van der Waals surface area (Å²) in [5.41, 5.74) is 2.52. The average molecular weight is 307 g/mol. The van der Waals surface area contributed by atoms with E-state index >= 15 is 0 Å². The van der Waals surface area contributed by atoms with Gasteiger partial charge in [-0.1, -0.05) is 72.4 Å². The molecule has 0 saturated heterocycles. The van der Waals surface area contributed by atoms with Crippen molar-refractivity contribution in [2.45, 2.75) is 29.8 Å². The summed E-state index contributed by atoms with van der Waals surface area (Å²) in [5, 5.41) is 10.4. The molecule has 2 heterocycles. The zero-order valence-electron chi connectivity index (χ0n) is 12.2. The van der Waals surface area contributed by atoms with Crippen LogP contribution in [0.25, 0.3) is 11.4 Å². The molecule has 0 amide bonds. The Kier molecular flexibility index (Phi) is 3.69. The van der Waals surface area contributed by atoms with Gasteiger partial charge in [0.05, 0.1) is 0 Å². The average Bonchev–Trinajstić information content (AvgIpc) is 2.86. The molecule has 0 radical (unpaired) electrons. The van der Waals surface area contributed by atoms with Gasteiger partial charge in [-0.05, 0) is 18.4 Å². The highest BCUT2D eigenvalue weighted by molar-refractivity contribution is 7.99. The summed E-state index contributed by atoms with van der Waals surface area (Å²) >= 11 is 1.84. The summed E-state index contributed by atoms with van der Waals surface area (Å²) in [4.78, 5) is 0. The molecule has 0 aliphatic carbocycles. The zero-order chi connectivity index (χ0) is 14.8. The van der Waals surface area contributed by atoms with E-state index in [4.69, 9.17) is 0 Å². The number of aromatic nitrogens is 3. The first-order valence-electron chi connectivity index (χ1n) is 7.62. The predicted molar refractivity (Wildman–Crippen MR) is 89.7 cm³/mol. The topological polar surface area (TPSA) is 30.7 Å². The van der Waals surface area contributed by atoms with Crippen molar-refractivity contribution in [2.24, 2.45) is 0 Å². The monoisotopic (exact) mass is 307 g/mol. The minimum absolute atomic E-state index is 0.468. The first-order valence-corrected chi connectivity index (χ1v) is 8.50. The molecule has 1 unspecified atom stereocenters. The molecule has 2 aromatic carbocycles. The third kappa shape index (κ3) is 2.55. The Bertz CT molecular complexity index is 753. The van der Waals surface area contributed by atoms with E-state index in [9.17, 15) is 0 Å². The SMILES string of the molecule is c1ccc(-c2nnc3n2CCCC(c2ccccc2)S3)cc1. The second-order valence-corrected chi connectivity index (χ2v) is 6.65. The molecule has 1 atom stereocenters. The zero-order valence-corrected chi connectivity index (χ0v) is 13.0. The van der Waals surface area contributed by atoms with Gasteiger partial charge < -0.3 is 4.57 Å². The summed E-state index contributed by atoms with van der Waals surface area (Å²) in [6.45, 7) is 0.989. The molecule has 4 heteroatoms. The molecule has 1 aliphatic rings. The van der Waals surface area contributed by atoms with Gasteiger partial charge in [0.25, 0.3) is 0 Å². The Morgan fingerprint density at radius 1 is 0.909 bits per heavy atom. The van der Waals surface area contributed by atoms with Crippen molar-refractivity contribution in [3.63, 3.8) is 0 Å². The molecule has 3 nitrogen and oxygen atoms in total. The normalized spacial score (nSPS) is 17.7. The van der Waals surface area contributed by atoms with E-state index in [0.29, 0.717) is 5.25 Å². The Morgan fingerprint density at radius 2 is 1.64 bits per heavy atom. The third-order valence-corrected chi connectivity index (χ3v) is 5.32. The molecule has 0 saturated carbocycles. The van der Waals surface area contributed by atoms with E-state index in [1.54, 1.807) is 0 Å². The van der Waals surface area contributed by atoms with Crippen molar-refractivity contribution in [3.05, 3.63) is 66.2 Å². The fraction of sp³-hybridized carbons (Fsp3) is 0.222. The number of hydrogen-bond acceptors (Lipinski definition) is 3. The second kappa shape index (κ2) is 5.97. The minimum Gasteiger partial charge on any atom is -0.302 e. The fourth-order valence-electron chi connectivity index (χ4n) is 2.90. The number of nitrogens with zero attached hydrogens (tertiary/aromatic N) is 3. The third-order valence-electron chi connectivity index (χ3n) is 4.02. The van der Waals surface area contributed by atoms with Gasteiger partial charge in [0, 0.05) is 17.4 Å². The van der Waals surface area contributed by atoms with Crippen molar-refractivity contribution in [2.75, 3.05) is 0 Å². The van der Waals surface area contributed by atoms with Gasteiger partial charge in [0.2, 0.25) is 0 Å². The number of rotatable bonds is 2. The highest BCUT2D eigenvalue weighted by atomic mass is 32.2. The lowest BCUT2D eigenvalue weighted by Crippen LogP contribution is -2.00. The van der Waals surface area contributed by atoms with Crippen LogP contribution in [0, 0.1) is 0 Å². The minimum atomic E-state index is 0.468. The van der Waals surface area contributed by atoms with E-state index in [1.165, 1.54) is 12.0 Å². The largest absolute Gasteiger partial charge is 0.302 e. The van der Waals surface area contributed by atoms with E-state index in [2.05, 4.69) is 57.2 Å². The smallest absolute Gasteiger partial charge is 0.192 e. The van der Waals surface area contributed by atoms with Gasteiger partial charge in [-0.15, -0.1) is 10.2 Å². The summed E-state index contributed by atoms with van der Waals surface area (Å²) < 4.78 is 2.27. The summed E-state index contributed by atoms with van der Waals surface area (Å²) in [6.07, 6.45) is 2.32. The lowest BCUT2D eigenvalue weighted by Gasteiger charge is -2.12. The molecule has 1 aliphatic heterocycles. The molecule has 0 N–H and O–H groups in total. The van der Waals surface area contributed by atoms with Crippen molar-refractivity contribution >= 4 is 11.8 Å². The Labute approximate surface area is 134 Å². The van der Waals surface area contributed by atoms with Gasteiger partial charge in [0.15, 0.2) is 11.0 Å². The molecule has 4 rings (SSSR count). The lowest BCUT2D eigenvalue weighted by atomic mass is 10.1. The van der Waals surface area contributed by atoms with Crippen LogP contribution in [0.2, 0.25) is 0 Å². The Hall–Kier alpha value is -2.07. The number of fused-ring (bicyclic) bond motifs is 1. The molecule has 22 heavy (non-hydrogen) atoms. The molecule has 0 fully saturated rings. The van der Waals surface area contributed by atoms with Gasteiger partial charge in [-0.3, -0.25) is 0 Å². The lowest BCUT2D eigenvalue weighted by molar-refractivity contribution is 0.591. The maximum absolute atomic E-state index is 4.44. The number of benzene rings is 2. The first-order chi connectivity index (χ1) is 10.9. The maximum Gasteiger partial charge on any atom is 0.192 e. The van der Waals surface area contributed by atoms with Gasteiger partial charge in [0.1, 0.15) is 0 Å². The van der Waals surface area contributed by atoms with Crippen LogP contribution in [0.15, 0.2) is 65.8 Å². The molecular weight excluding hydrogens is 290 g/mol. The van der Waals surface area contributed by atoms with Crippen LogP contribution in [0.4, 0.5) is 0 Å². The Morgan fingerprint density at radius 3 is 2.41 bits per heavy atom. The summed E-state index contributed by atoms with van der Waals surface area (Å²) in [7, 11) is 0.